The van der Waals surface area contributed by atoms with E-state index in [1.54, 1.807) is 6.92 Å². The van der Waals surface area contributed by atoms with Gasteiger partial charge in [-0.15, -0.1) is 0 Å². The number of hydrogen-bond acceptors (Lipinski definition) is 3. The van der Waals surface area contributed by atoms with E-state index < -0.39 is 29.4 Å². The van der Waals surface area contributed by atoms with Crippen LogP contribution in [0.2, 0.25) is 0 Å². The van der Waals surface area contributed by atoms with Crippen LogP contribution in [0.1, 0.15) is 6.92 Å². The first-order chi connectivity index (χ1) is 8.99. The van der Waals surface area contributed by atoms with Gasteiger partial charge in [-0.05, 0) is 6.92 Å². The first-order valence-electron chi connectivity index (χ1n) is 5.79. The zero-order chi connectivity index (χ0) is 14.0. The summed E-state index contributed by atoms with van der Waals surface area (Å²) in [7, 11) is 0. The second-order valence-electron chi connectivity index (χ2n) is 4.25. The molecule has 1 aromatic rings. The highest BCUT2D eigenvalue weighted by molar-refractivity contribution is 5.95. The van der Waals surface area contributed by atoms with Gasteiger partial charge in [-0.2, -0.15) is 0 Å². The predicted octanol–water partition coefficient (Wildman–Crippen LogP) is 1.42. The second-order valence-corrected chi connectivity index (χ2v) is 4.25. The molecular weight excluding hydrogens is 261 g/mol. The minimum atomic E-state index is -1.56. The van der Waals surface area contributed by atoms with Crippen molar-refractivity contribution in [2.24, 2.45) is 0 Å². The van der Waals surface area contributed by atoms with Gasteiger partial charge < -0.3 is 15.4 Å². The third kappa shape index (κ3) is 3.05. The smallest absolute Gasteiger partial charge is 0.244 e. The molecule has 104 valence electrons. The molecule has 4 nitrogen and oxygen atoms in total. The number of rotatable bonds is 2. The molecule has 1 aromatic carbocycles. The number of anilines is 1. The van der Waals surface area contributed by atoms with Gasteiger partial charge in [0.15, 0.2) is 17.5 Å². The summed E-state index contributed by atoms with van der Waals surface area (Å²) >= 11 is 0. The molecule has 0 radical (unpaired) electrons. The summed E-state index contributed by atoms with van der Waals surface area (Å²) < 4.78 is 44.1. The number of nitrogens with one attached hydrogen (secondary N) is 2. The van der Waals surface area contributed by atoms with E-state index >= 15 is 0 Å². The number of carbonyl (C=O) groups excluding carboxylic acids is 1. The van der Waals surface area contributed by atoms with Crippen molar-refractivity contribution >= 4 is 11.6 Å². The first kappa shape index (κ1) is 13.8. The summed E-state index contributed by atoms with van der Waals surface area (Å²) in [5.41, 5.74) is -0.138. The Morgan fingerprint density at radius 2 is 2.00 bits per heavy atom. The van der Waals surface area contributed by atoms with Crippen LogP contribution >= 0.6 is 0 Å². The average molecular weight is 274 g/mol. The maximum Gasteiger partial charge on any atom is 0.244 e. The SMILES string of the molecule is C[C@H]1OCCN[C@@H]1C(=O)Nc1cc(F)c(F)c(F)c1. The largest absolute Gasteiger partial charge is 0.375 e. The van der Waals surface area contributed by atoms with Gasteiger partial charge in [-0.3, -0.25) is 4.79 Å². The molecular formula is C12H13F3N2O2. The van der Waals surface area contributed by atoms with Crippen molar-refractivity contribution in [1.82, 2.24) is 5.32 Å². The van der Waals surface area contributed by atoms with Crippen molar-refractivity contribution in [3.05, 3.63) is 29.6 Å². The van der Waals surface area contributed by atoms with Crippen LogP contribution in [-0.2, 0) is 9.53 Å². The molecule has 0 bridgehead atoms. The standard InChI is InChI=1S/C12H13F3N2O2/c1-6-11(16-2-3-19-6)12(18)17-7-4-8(13)10(15)9(14)5-7/h4-6,11,16H,2-3H2,1H3,(H,17,18)/t6-,11+/m1/s1. The number of benzene rings is 1. The van der Waals surface area contributed by atoms with Crippen LogP contribution in [0.5, 0.6) is 0 Å². The molecule has 19 heavy (non-hydrogen) atoms. The Hall–Kier alpha value is -1.60. The van der Waals surface area contributed by atoms with Crippen molar-refractivity contribution < 1.29 is 22.7 Å². The van der Waals surface area contributed by atoms with Crippen molar-refractivity contribution in [2.45, 2.75) is 19.1 Å². The van der Waals surface area contributed by atoms with E-state index in [9.17, 15) is 18.0 Å². The van der Waals surface area contributed by atoms with E-state index in [2.05, 4.69) is 10.6 Å². The normalized spacial score (nSPS) is 23.2. The van der Waals surface area contributed by atoms with Gasteiger partial charge in [0.2, 0.25) is 5.91 Å². The average Bonchev–Trinajstić information content (AvgIpc) is 2.36. The molecule has 1 aliphatic heterocycles. The predicted molar refractivity (Wildman–Crippen MR) is 62.2 cm³/mol. The third-order valence-corrected chi connectivity index (χ3v) is 2.85. The lowest BCUT2D eigenvalue weighted by Gasteiger charge is -2.29. The number of ether oxygens (including phenoxy) is 1. The molecule has 0 spiro atoms. The van der Waals surface area contributed by atoms with Crippen molar-refractivity contribution in [3.63, 3.8) is 0 Å². The van der Waals surface area contributed by atoms with Crippen molar-refractivity contribution in [1.29, 1.82) is 0 Å². The molecule has 0 aliphatic carbocycles. The molecule has 0 aromatic heterocycles. The number of carbonyl (C=O) groups is 1. The van der Waals surface area contributed by atoms with Gasteiger partial charge in [-0.25, -0.2) is 13.2 Å². The lowest BCUT2D eigenvalue weighted by molar-refractivity contribution is -0.123. The summed E-state index contributed by atoms with van der Waals surface area (Å²) in [5.74, 6) is -4.75. The Morgan fingerprint density at radius 3 is 2.58 bits per heavy atom. The highest BCUT2D eigenvalue weighted by atomic mass is 19.2. The summed E-state index contributed by atoms with van der Waals surface area (Å²) in [6, 6.07) is 0.833. The van der Waals surface area contributed by atoms with Crippen LogP contribution in [0.4, 0.5) is 18.9 Å². The molecule has 2 rings (SSSR count). The molecule has 0 unspecified atom stereocenters. The van der Waals surface area contributed by atoms with E-state index in [1.165, 1.54) is 0 Å². The van der Waals surface area contributed by atoms with E-state index in [4.69, 9.17) is 4.74 Å². The topological polar surface area (TPSA) is 50.4 Å². The van der Waals surface area contributed by atoms with Gasteiger partial charge in [0, 0.05) is 24.4 Å². The minimum Gasteiger partial charge on any atom is -0.375 e. The lowest BCUT2D eigenvalue weighted by atomic mass is 10.1. The zero-order valence-electron chi connectivity index (χ0n) is 10.2. The van der Waals surface area contributed by atoms with Gasteiger partial charge in [-0.1, -0.05) is 0 Å². The molecule has 7 heteroatoms. The monoisotopic (exact) mass is 274 g/mol. The van der Waals surface area contributed by atoms with Crippen LogP contribution < -0.4 is 10.6 Å². The lowest BCUT2D eigenvalue weighted by Crippen LogP contribution is -2.53. The van der Waals surface area contributed by atoms with Crippen LogP contribution in [0.25, 0.3) is 0 Å². The molecule has 1 amide bonds. The van der Waals surface area contributed by atoms with Gasteiger partial charge in [0.25, 0.3) is 0 Å². The number of morpholine rings is 1. The van der Waals surface area contributed by atoms with E-state index in [0.717, 1.165) is 12.1 Å². The molecule has 1 fully saturated rings. The maximum absolute atomic E-state index is 13.0. The fraction of sp³-hybridized carbons (Fsp3) is 0.417. The molecule has 1 aliphatic rings. The Bertz CT molecular complexity index is 473. The van der Waals surface area contributed by atoms with Gasteiger partial charge in [0.05, 0.1) is 12.7 Å². The number of amides is 1. The van der Waals surface area contributed by atoms with Crippen LogP contribution in [0.3, 0.4) is 0 Å². The fourth-order valence-electron chi connectivity index (χ4n) is 1.88. The fourth-order valence-corrected chi connectivity index (χ4v) is 1.88. The van der Waals surface area contributed by atoms with Crippen LogP contribution in [-0.4, -0.2) is 31.2 Å². The number of halogens is 3. The van der Waals surface area contributed by atoms with E-state index in [-0.39, 0.29) is 11.8 Å². The number of hydrogen-bond donors (Lipinski definition) is 2. The Balaban J connectivity index is 2.10. The summed E-state index contributed by atoms with van der Waals surface area (Å²) in [4.78, 5) is 11.9. The molecule has 2 N–H and O–H groups in total. The highest BCUT2D eigenvalue weighted by Gasteiger charge is 2.28. The summed E-state index contributed by atoms with van der Waals surface area (Å²) in [5, 5.41) is 5.25. The highest BCUT2D eigenvalue weighted by Crippen LogP contribution is 2.18. The second kappa shape index (κ2) is 5.58. The molecule has 2 atom stereocenters. The minimum absolute atomic E-state index is 0.138. The third-order valence-electron chi connectivity index (χ3n) is 2.85. The van der Waals surface area contributed by atoms with Crippen LogP contribution in [0.15, 0.2) is 12.1 Å². The van der Waals surface area contributed by atoms with Gasteiger partial charge >= 0.3 is 0 Å². The quantitative estimate of drug-likeness (QED) is 0.802. The summed E-state index contributed by atoms with van der Waals surface area (Å²) in [6.07, 6.45) is -0.358. The molecule has 1 saturated heterocycles. The Labute approximate surface area is 107 Å². The van der Waals surface area contributed by atoms with E-state index in [0.29, 0.717) is 13.2 Å². The molecule has 1 heterocycles. The Morgan fingerprint density at radius 1 is 1.37 bits per heavy atom. The van der Waals surface area contributed by atoms with Gasteiger partial charge in [0.1, 0.15) is 6.04 Å². The molecule has 0 saturated carbocycles. The summed E-state index contributed by atoms with van der Waals surface area (Å²) in [6.45, 7) is 2.71. The Kier molecular flexibility index (Phi) is 4.06. The first-order valence-corrected chi connectivity index (χ1v) is 5.79. The zero-order valence-corrected chi connectivity index (χ0v) is 10.2. The van der Waals surface area contributed by atoms with E-state index in [1.807, 2.05) is 0 Å². The van der Waals surface area contributed by atoms with Crippen LogP contribution in [0, 0.1) is 17.5 Å². The maximum atomic E-state index is 13.0. The van der Waals surface area contributed by atoms with Crippen molar-refractivity contribution in [2.75, 3.05) is 18.5 Å². The van der Waals surface area contributed by atoms with Crippen molar-refractivity contribution in [3.8, 4) is 0 Å².